The summed E-state index contributed by atoms with van der Waals surface area (Å²) in [6.07, 6.45) is -35.7. The maximum atomic E-state index is 15.2. The molecule has 0 aromatic heterocycles. The molecular weight excluding hydrogens is 879 g/mol. The number of nitrogens with zero attached hydrogens (tertiary/aromatic N) is 1. The predicted molar refractivity (Wildman–Crippen MR) is 178 cm³/mol. The molecule has 2 unspecified atom stereocenters. The van der Waals surface area contributed by atoms with E-state index in [1.54, 1.807) is 0 Å². The van der Waals surface area contributed by atoms with E-state index >= 15 is 13.2 Å². The lowest BCUT2D eigenvalue weighted by molar-refractivity contribution is -1.02. The van der Waals surface area contributed by atoms with Crippen molar-refractivity contribution in [1.29, 1.82) is 0 Å². The maximum Gasteiger partial charge on any atom is 0.864 e. The lowest BCUT2D eigenvalue weighted by Crippen LogP contribution is -2.64. The van der Waals surface area contributed by atoms with Crippen molar-refractivity contribution in [3.63, 3.8) is 0 Å². The van der Waals surface area contributed by atoms with Gasteiger partial charge in [0.1, 0.15) is 17.2 Å². The first kappa shape index (κ1) is 51.1. The van der Waals surface area contributed by atoms with Gasteiger partial charge in [-0.15, -0.1) is 0 Å². The number of hydrogen-bond donors (Lipinski definition) is 0. The highest BCUT2D eigenvalue weighted by molar-refractivity contribution is 6.39. The zero-order valence-corrected chi connectivity index (χ0v) is 32.4. The summed E-state index contributed by atoms with van der Waals surface area (Å²) in [4.78, 5) is 0. The summed E-state index contributed by atoms with van der Waals surface area (Å²) < 4.78 is 281. The van der Waals surface area contributed by atoms with Crippen LogP contribution in [0.25, 0.3) is 0 Å². The fraction of sp³-hybridized carbons (Fsp3) is 0.500. The molecule has 0 amide bonds. The van der Waals surface area contributed by atoms with Crippen molar-refractivity contribution in [2.45, 2.75) is 89.5 Å². The van der Waals surface area contributed by atoms with Crippen LogP contribution in [0, 0.1) is 0 Å². The number of alkyl halides is 18. The Morgan fingerprint density at radius 2 is 0.869 bits per heavy atom. The third-order valence-electron chi connectivity index (χ3n) is 9.16. The predicted octanol–water partition coefficient (Wildman–Crippen LogP) is 12.8. The molecular formula is C36H35BF18NO5+. The molecule has 0 fully saturated rings. The molecule has 0 saturated heterocycles. The molecule has 0 N–H and O–H groups in total. The van der Waals surface area contributed by atoms with E-state index in [9.17, 15) is 65.9 Å². The highest BCUT2D eigenvalue weighted by Crippen LogP contribution is 2.52. The Hall–Kier alpha value is -4.26. The molecule has 0 bridgehead atoms. The molecule has 3 rings (SSSR count). The van der Waals surface area contributed by atoms with E-state index in [0.717, 1.165) is 0 Å². The van der Waals surface area contributed by atoms with E-state index in [2.05, 4.69) is 0 Å². The van der Waals surface area contributed by atoms with Gasteiger partial charge in [-0.25, -0.2) is 0 Å². The third-order valence-corrected chi connectivity index (χ3v) is 9.16. The van der Waals surface area contributed by atoms with E-state index in [1.165, 1.54) is 41.8 Å². The molecule has 0 aliphatic heterocycles. The van der Waals surface area contributed by atoms with E-state index in [0.29, 0.717) is 0 Å². The summed E-state index contributed by atoms with van der Waals surface area (Å²) in [5, 5.41) is 0. The third kappa shape index (κ3) is 11.8. The quantitative estimate of drug-likeness (QED) is 0.0658. The lowest BCUT2D eigenvalue weighted by Gasteiger charge is -2.52. The molecule has 0 heterocycles. The molecule has 0 radical (unpaired) electrons. The Balaban J connectivity index is 2.61. The van der Waals surface area contributed by atoms with Crippen LogP contribution in [0.2, 0.25) is 0 Å². The monoisotopic (exact) mass is 914 g/mol. The van der Waals surface area contributed by atoms with Gasteiger partial charge in [0.05, 0.1) is 66.3 Å². The summed E-state index contributed by atoms with van der Waals surface area (Å²) in [5.41, 5.74) is -16.7. The van der Waals surface area contributed by atoms with Gasteiger partial charge in [-0.3, -0.25) is 4.48 Å². The van der Waals surface area contributed by atoms with Crippen molar-refractivity contribution in [3.8, 4) is 17.2 Å². The molecule has 342 valence electrons. The molecule has 6 nitrogen and oxygen atoms in total. The average molecular weight is 914 g/mol. The number of benzene rings is 3. The van der Waals surface area contributed by atoms with Crippen LogP contribution in [-0.2, 0) is 52.3 Å². The van der Waals surface area contributed by atoms with Crippen molar-refractivity contribution in [2.24, 2.45) is 0 Å². The van der Waals surface area contributed by atoms with Gasteiger partial charge in [0.15, 0.2) is 6.23 Å². The number of hydrogen-bond acceptors (Lipinski definition) is 5. The van der Waals surface area contributed by atoms with E-state index in [4.69, 9.17) is 23.4 Å². The zero-order valence-electron chi connectivity index (χ0n) is 32.4. The molecule has 3 aromatic carbocycles. The van der Waals surface area contributed by atoms with Crippen LogP contribution in [0.3, 0.4) is 0 Å². The van der Waals surface area contributed by atoms with Gasteiger partial charge >= 0.3 is 44.4 Å². The minimum atomic E-state index is -5.79. The van der Waals surface area contributed by atoms with Crippen molar-refractivity contribution in [2.75, 3.05) is 27.3 Å². The molecule has 0 spiro atoms. The highest BCUT2D eigenvalue weighted by Gasteiger charge is 2.58. The molecule has 3 aromatic rings. The number of quaternary nitrogens is 1. The maximum absolute atomic E-state index is 15.2. The normalized spacial score (nSPS) is 15.0. The summed E-state index contributed by atoms with van der Waals surface area (Å²) in [5.74, 6) is -4.92. The van der Waals surface area contributed by atoms with Crippen LogP contribution >= 0.6 is 0 Å². The number of ether oxygens (including phenoxy) is 2. The van der Waals surface area contributed by atoms with Crippen molar-refractivity contribution in [1.82, 2.24) is 0 Å². The van der Waals surface area contributed by atoms with Crippen molar-refractivity contribution in [3.05, 3.63) is 87.5 Å². The van der Waals surface area contributed by atoms with E-state index in [1.807, 2.05) is 0 Å². The Morgan fingerprint density at radius 1 is 0.492 bits per heavy atom. The Morgan fingerprint density at radius 3 is 1.16 bits per heavy atom. The molecule has 61 heavy (non-hydrogen) atoms. The summed E-state index contributed by atoms with van der Waals surface area (Å²) in [6.45, 7) is 4.86. The fourth-order valence-electron chi connectivity index (χ4n) is 6.52. The van der Waals surface area contributed by atoms with Gasteiger partial charge in [-0.1, -0.05) is 13.8 Å². The molecule has 0 aliphatic carbocycles. The molecule has 2 atom stereocenters. The summed E-state index contributed by atoms with van der Waals surface area (Å²) in [6, 6.07) is -2.15. The summed E-state index contributed by atoms with van der Waals surface area (Å²) in [7, 11) is -0.909. The van der Waals surface area contributed by atoms with Gasteiger partial charge in [0.25, 0.3) is 0 Å². The van der Waals surface area contributed by atoms with Crippen LogP contribution in [0.4, 0.5) is 79.0 Å². The second-order valence-electron chi connectivity index (χ2n) is 13.4. The second-order valence-corrected chi connectivity index (χ2v) is 13.4. The van der Waals surface area contributed by atoms with Gasteiger partial charge in [-0.2, -0.15) is 79.0 Å². The number of rotatable bonds is 15. The van der Waals surface area contributed by atoms with Gasteiger partial charge in [0.2, 0.25) is 5.72 Å². The Labute approximate surface area is 336 Å². The van der Waals surface area contributed by atoms with Crippen LogP contribution in [-0.4, -0.2) is 45.3 Å². The zero-order chi connectivity index (χ0) is 46.9. The van der Waals surface area contributed by atoms with Crippen LogP contribution in [0.5, 0.6) is 17.2 Å². The van der Waals surface area contributed by atoms with Crippen molar-refractivity contribution < 1.29 is 107 Å². The largest absolute Gasteiger partial charge is 0.864 e. The highest BCUT2D eigenvalue weighted by atomic mass is 19.4. The van der Waals surface area contributed by atoms with Gasteiger partial charge in [0, 0.05) is 12.8 Å². The smallest absolute Gasteiger partial charge is 0.490 e. The van der Waals surface area contributed by atoms with Crippen LogP contribution in [0.1, 0.15) is 79.5 Å². The first-order chi connectivity index (χ1) is 27.6. The Kier molecular flexibility index (Phi) is 15.0. The molecule has 0 aliphatic rings. The van der Waals surface area contributed by atoms with E-state index < -0.39 is 142 Å². The standard InChI is InChI=1S/C36H35BF18NO5/c1-7-28(57-9-3)56(5,6)30(8-2,58-10-4)29-26(36(53,54)55)17-23(35(50,51)52)18-27(29)61-37(59-24-13-19(31(38,39)40)11-20(14-24)32(41,42)43)60-25-15-21(33(44,45)46)12-22(16-25)34(47,48)49/h11-18,28H,7-10H2,1-6H3/q+1. The van der Waals surface area contributed by atoms with Gasteiger partial charge < -0.3 is 23.4 Å². The van der Waals surface area contributed by atoms with E-state index in [-0.39, 0.29) is 49.4 Å². The minimum absolute atomic E-state index is 0.0170. The minimum Gasteiger partial charge on any atom is -0.490 e. The van der Waals surface area contributed by atoms with Crippen LogP contribution in [0.15, 0.2) is 48.5 Å². The topological polar surface area (TPSA) is 46.2 Å². The van der Waals surface area contributed by atoms with Crippen LogP contribution < -0.4 is 14.0 Å². The van der Waals surface area contributed by atoms with Gasteiger partial charge in [-0.05, 0) is 62.4 Å². The second kappa shape index (κ2) is 17.8. The first-order valence-electron chi connectivity index (χ1n) is 17.6. The van der Waals surface area contributed by atoms with Crippen molar-refractivity contribution >= 4 is 7.32 Å². The molecule has 0 saturated carbocycles. The molecule has 25 heteroatoms. The summed E-state index contributed by atoms with van der Waals surface area (Å²) >= 11 is 0. The first-order valence-corrected chi connectivity index (χ1v) is 17.6. The average Bonchev–Trinajstić information content (AvgIpc) is 3.10. The fourth-order valence-corrected chi connectivity index (χ4v) is 6.52. The SMILES string of the molecule is CCOC(CC)[N+](C)(C)C(CC)(OCC)c1c(OB(Oc2cc(C(F)(F)F)cc(C(F)(F)F)c2)Oc2cc(C(F)(F)F)cc(C(F)(F)F)c2)cc(C(F)(F)F)cc1C(F)(F)F. The number of halogens is 18. The lowest BCUT2D eigenvalue weighted by atomic mass is 9.87. The Bertz CT molecular complexity index is 1830.